The summed E-state index contributed by atoms with van der Waals surface area (Å²) in [6, 6.07) is 7.20. The summed E-state index contributed by atoms with van der Waals surface area (Å²) in [5.41, 5.74) is 0.739. The van der Waals surface area contributed by atoms with Crippen molar-refractivity contribution in [2.45, 2.75) is 37.5 Å². The zero-order valence-corrected chi connectivity index (χ0v) is 12.3. The highest BCUT2D eigenvalue weighted by atomic mass is 35.5. The molecule has 0 heterocycles. The number of hydrogen-bond donors (Lipinski definition) is 1. The van der Waals surface area contributed by atoms with E-state index in [9.17, 15) is 8.42 Å². The van der Waals surface area contributed by atoms with Crippen molar-refractivity contribution in [3.63, 3.8) is 0 Å². The average Bonchev–Trinajstić information content (AvgIpc) is 2.89. The van der Waals surface area contributed by atoms with Crippen molar-refractivity contribution in [2.75, 3.05) is 0 Å². The lowest BCUT2D eigenvalue weighted by Gasteiger charge is -2.22. The molecular weight excluding hydrogens is 282 g/mol. The molecule has 3 nitrogen and oxygen atoms in total. The first-order chi connectivity index (χ1) is 9.02. The SMILES string of the molecule is O=S(=O)(Cc1cccc(Cl)c1)N[C@@H]1C[C@@H]2CC[C@@H]1C2. The van der Waals surface area contributed by atoms with E-state index >= 15 is 0 Å². The third kappa shape index (κ3) is 3.12. The Kier molecular flexibility index (Phi) is 3.58. The zero-order valence-electron chi connectivity index (χ0n) is 10.7. The van der Waals surface area contributed by atoms with Gasteiger partial charge in [0, 0.05) is 11.1 Å². The largest absolute Gasteiger partial charge is 0.216 e. The minimum Gasteiger partial charge on any atom is -0.212 e. The lowest BCUT2D eigenvalue weighted by atomic mass is 9.96. The first-order valence-corrected chi connectivity index (χ1v) is 8.79. The van der Waals surface area contributed by atoms with E-state index in [0.29, 0.717) is 10.9 Å². The smallest absolute Gasteiger partial charge is 0.212 e. The standard InChI is InChI=1S/C14H18ClNO2S/c15-13-3-1-2-11(7-13)9-19(17,18)16-14-8-10-4-5-12(14)6-10/h1-3,7,10,12,14,16H,4-6,8-9H2/t10-,12-,14-/m1/s1. The average molecular weight is 300 g/mol. The van der Waals surface area contributed by atoms with Gasteiger partial charge in [-0.25, -0.2) is 13.1 Å². The molecule has 1 N–H and O–H groups in total. The van der Waals surface area contributed by atoms with Gasteiger partial charge in [0.15, 0.2) is 0 Å². The predicted octanol–water partition coefficient (Wildman–Crippen LogP) is 2.95. The molecule has 0 spiro atoms. The minimum atomic E-state index is -3.27. The third-order valence-corrected chi connectivity index (χ3v) is 5.93. The number of nitrogens with one attached hydrogen (secondary N) is 1. The molecular formula is C14H18ClNO2S. The van der Waals surface area contributed by atoms with Crippen LogP contribution < -0.4 is 4.72 Å². The fraction of sp³-hybridized carbons (Fsp3) is 0.571. The Morgan fingerprint density at radius 3 is 2.74 bits per heavy atom. The van der Waals surface area contributed by atoms with Crippen LogP contribution in [0.5, 0.6) is 0 Å². The molecule has 0 amide bonds. The predicted molar refractivity (Wildman–Crippen MR) is 76.4 cm³/mol. The van der Waals surface area contributed by atoms with Gasteiger partial charge in [0.05, 0.1) is 5.75 Å². The fourth-order valence-corrected chi connectivity index (χ4v) is 5.17. The van der Waals surface area contributed by atoms with E-state index in [2.05, 4.69) is 4.72 Å². The molecule has 2 saturated carbocycles. The number of hydrogen-bond acceptors (Lipinski definition) is 2. The molecule has 0 aromatic heterocycles. The highest BCUT2D eigenvalue weighted by molar-refractivity contribution is 7.88. The molecule has 19 heavy (non-hydrogen) atoms. The van der Waals surface area contributed by atoms with Crippen LogP contribution in [-0.4, -0.2) is 14.5 Å². The van der Waals surface area contributed by atoms with E-state index < -0.39 is 10.0 Å². The second-order valence-corrected chi connectivity index (χ2v) is 7.98. The Morgan fingerprint density at radius 2 is 2.11 bits per heavy atom. The lowest BCUT2D eigenvalue weighted by molar-refractivity contribution is 0.390. The summed E-state index contributed by atoms with van der Waals surface area (Å²) in [5.74, 6) is 1.31. The lowest BCUT2D eigenvalue weighted by Crippen LogP contribution is -2.39. The summed E-state index contributed by atoms with van der Waals surface area (Å²) in [4.78, 5) is 0. The molecule has 3 rings (SSSR count). The molecule has 2 aliphatic carbocycles. The van der Waals surface area contributed by atoms with Gasteiger partial charge in [0.1, 0.15) is 0 Å². The van der Waals surface area contributed by atoms with Crippen LogP contribution in [0.4, 0.5) is 0 Å². The maximum atomic E-state index is 12.2. The summed E-state index contributed by atoms with van der Waals surface area (Å²) < 4.78 is 27.3. The molecule has 1 aromatic rings. The van der Waals surface area contributed by atoms with Crippen molar-refractivity contribution in [1.29, 1.82) is 0 Å². The highest BCUT2D eigenvalue weighted by Gasteiger charge is 2.40. The van der Waals surface area contributed by atoms with Crippen LogP contribution in [0.25, 0.3) is 0 Å². The Bertz CT molecular complexity index is 573. The summed E-state index contributed by atoms with van der Waals surface area (Å²) in [7, 11) is -3.27. The van der Waals surface area contributed by atoms with Crippen molar-refractivity contribution in [3.05, 3.63) is 34.9 Å². The Balaban J connectivity index is 1.66. The maximum absolute atomic E-state index is 12.2. The van der Waals surface area contributed by atoms with E-state index in [1.807, 2.05) is 0 Å². The minimum absolute atomic E-state index is 0.0153. The van der Waals surface area contributed by atoms with Gasteiger partial charge in [-0.2, -0.15) is 0 Å². The number of rotatable bonds is 4. The number of benzene rings is 1. The number of halogens is 1. The Labute approximate surface area is 119 Å². The molecule has 2 aliphatic rings. The van der Waals surface area contributed by atoms with Gasteiger partial charge in [0.25, 0.3) is 0 Å². The summed E-state index contributed by atoms with van der Waals surface area (Å²) in [6.45, 7) is 0. The van der Waals surface area contributed by atoms with Crippen molar-refractivity contribution in [2.24, 2.45) is 11.8 Å². The fourth-order valence-electron chi connectivity index (χ4n) is 3.51. The normalized spacial score (nSPS) is 29.8. The summed E-state index contributed by atoms with van der Waals surface area (Å²) in [6.07, 6.45) is 4.66. The first kappa shape index (κ1) is 13.4. The molecule has 0 radical (unpaired) electrons. The van der Waals surface area contributed by atoms with Crippen molar-refractivity contribution in [3.8, 4) is 0 Å². The van der Waals surface area contributed by atoms with E-state index in [4.69, 9.17) is 11.6 Å². The van der Waals surface area contributed by atoms with Crippen molar-refractivity contribution in [1.82, 2.24) is 4.72 Å². The molecule has 2 bridgehead atoms. The molecule has 0 aliphatic heterocycles. The monoisotopic (exact) mass is 299 g/mol. The molecule has 0 saturated heterocycles. The number of sulfonamides is 1. The maximum Gasteiger partial charge on any atom is 0.216 e. The van der Waals surface area contributed by atoms with E-state index in [0.717, 1.165) is 17.9 Å². The van der Waals surface area contributed by atoms with E-state index in [1.165, 1.54) is 19.3 Å². The van der Waals surface area contributed by atoms with Gasteiger partial charge in [-0.3, -0.25) is 0 Å². The van der Waals surface area contributed by atoms with Crippen molar-refractivity contribution >= 4 is 21.6 Å². The van der Waals surface area contributed by atoms with Crippen LogP contribution in [0.1, 0.15) is 31.2 Å². The molecule has 3 atom stereocenters. The quantitative estimate of drug-likeness (QED) is 0.929. The van der Waals surface area contributed by atoms with Crippen LogP contribution in [0.2, 0.25) is 5.02 Å². The second kappa shape index (κ2) is 5.08. The summed E-state index contributed by atoms with van der Waals surface area (Å²) >= 11 is 5.88. The van der Waals surface area contributed by atoms with Gasteiger partial charge >= 0.3 is 0 Å². The van der Waals surface area contributed by atoms with Crippen LogP contribution in [0, 0.1) is 11.8 Å². The van der Waals surface area contributed by atoms with Crippen LogP contribution in [0.15, 0.2) is 24.3 Å². The van der Waals surface area contributed by atoms with Crippen LogP contribution in [0.3, 0.4) is 0 Å². The van der Waals surface area contributed by atoms with E-state index in [-0.39, 0.29) is 11.8 Å². The molecule has 104 valence electrons. The molecule has 0 unspecified atom stereocenters. The van der Waals surface area contributed by atoms with Gasteiger partial charge in [-0.15, -0.1) is 0 Å². The Hall–Kier alpha value is -0.580. The van der Waals surface area contributed by atoms with Gasteiger partial charge in [-0.1, -0.05) is 30.2 Å². The van der Waals surface area contributed by atoms with Crippen LogP contribution >= 0.6 is 11.6 Å². The second-order valence-electron chi connectivity index (χ2n) is 5.79. The van der Waals surface area contributed by atoms with Crippen LogP contribution in [-0.2, 0) is 15.8 Å². The van der Waals surface area contributed by atoms with Gasteiger partial charge in [0.2, 0.25) is 10.0 Å². The zero-order chi connectivity index (χ0) is 13.5. The Morgan fingerprint density at radius 1 is 1.26 bits per heavy atom. The van der Waals surface area contributed by atoms with Crippen molar-refractivity contribution < 1.29 is 8.42 Å². The van der Waals surface area contributed by atoms with Gasteiger partial charge in [-0.05, 0) is 48.8 Å². The van der Waals surface area contributed by atoms with Gasteiger partial charge < -0.3 is 0 Å². The highest BCUT2D eigenvalue weighted by Crippen LogP contribution is 2.44. The molecule has 1 aromatic carbocycles. The summed E-state index contributed by atoms with van der Waals surface area (Å²) in [5, 5.41) is 0.577. The molecule has 5 heteroatoms. The third-order valence-electron chi connectivity index (χ3n) is 4.31. The number of fused-ring (bicyclic) bond motifs is 2. The molecule has 2 fully saturated rings. The first-order valence-electron chi connectivity index (χ1n) is 6.76. The topological polar surface area (TPSA) is 46.2 Å². The van der Waals surface area contributed by atoms with E-state index in [1.54, 1.807) is 24.3 Å².